The molecule has 0 aliphatic rings. The third-order valence-corrected chi connectivity index (χ3v) is 2.53. The van der Waals surface area contributed by atoms with Gasteiger partial charge in [0.25, 0.3) is 0 Å². The average Bonchev–Trinajstić information content (AvgIpc) is 2.73. The van der Waals surface area contributed by atoms with Gasteiger partial charge < -0.3 is 10.5 Å². The SMILES string of the molecule is Cc1nonc1COc1ccc([C@@H](C)N)cc1. The van der Waals surface area contributed by atoms with Crippen molar-refractivity contribution in [1.29, 1.82) is 0 Å². The van der Waals surface area contributed by atoms with E-state index in [2.05, 4.69) is 14.9 Å². The molecule has 0 saturated carbocycles. The summed E-state index contributed by atoms with van der Waals surface area (Å²) in [6.45, 7) is 4.13. The van der Waals surface area contributed by atoms with Crippen LogP contribution in [-0.2, 0) is 6.61 Å². The zero-order valence-electron chi connectivity index (χ0n) is 9.88. The highest BCUT2D eigenvalue weighted by Gasteiger charge is 2.06. The summed E-state index contributed by atoms with van der Waals surface area (Å²) in [5, 5.41) is 7.43. The number of ether oxygens (including phenoxy) is 1. The molecule has 0 bridgehead atoms. The van der Waals surface area contributed by atoms with E-state index < -0.39 is 0 Å². The van der Waals surface area contributed by atoms with Gasteiger partial charge in [0, 0.05) is 6.04 Å². The lowest BCUT2D eigenvalue weighted by Crippen LogP contribution is -2.04. The largest absolute Gasteiger partial charge is 0.487 e. The molecule has 0 aliphatic carbocycles. The molecule has 5 heteroatoms. The van der Waals surface area contributed by atoms with E-state index in [1.54, 1.807) is 0 Å². The molecule has 0 fully saturated rings. The van der Waals surface area contributed by atoms with Gasteiger partial charge >= 0.3 is 0 Å². The predicted octanol–water partition coefficient (Wildman–Crippen LogP) is 1.98. The molecule has 0 unspecified atom stereocenters. The zero-order valence-corrected chi connectivity index (χ0v) is 9.88. The minimum absolute atomic E-state index is 0.0334. The molecule has 2 aromatic rings. The van der Waals surface area contributed by atoms with E-state index in [9.17, 15) is 0 Å². The van der Waals surface area contributed by atoms with E-state index in [1.807, 2.05) is 38.1 Å². The molecule has 1 heterocycles. The minimum Gasteiger partial charge on any atom is -0.487 e. The van der Waals surface area contributed by atoms with E-state index in [1.165, 1.54) is 0 Å². The van der Waals surface area contributed by atoms with Crippen molar-refractivity contribution in [2.45, 2.75) is 26.5 Å². The van der Waals surface area contributed by atoms with Crippen molar-refractivity contribution in [1.82, 2.24) is 10.3 Å². The van der Waals surface area contributed by atoms with Crippen molar-refractivity contribution in [3.8, 4) is 5.75 Å². The second kappa shape index (κ2) is 4.97. The smallest absolute Gasteiger partial charge is 0.145 e. The van der Waals surface area contributed by atoms with Crippen LogP contribution in [0.1, 0.15) is 29.9 Å². The molecule has 5 nitrogen and oxygen atoms in total. The normalized spacial score (nSPS) is 12.4. The molecule has 1 aromatic heterocycles. The second-order valence-electron chi connectivity index (χ2n) is 3.94. The van der Waals surface area contributed by atoms with Crippen LogP contribution in [0.4, 0.5) is 0 Å². The summed E-state index contributed by atoms with van der Waals surface area (Å²) in [6, 6.07) is 7.72. The molecule has 0 saturated heterocycles. The Morgan fingerprint density at radius 2 is 2.00 bits per heavy atom. The Balaban J connectivity index is 1.98. The van der Waals surface area contributed by atoms with Crippen LogP contribution < -0.4 is 10.5 Å². The quantitative estimate of drug-likeness (QED) is 0.873. The maximum Gasteiger partial charge on any atom is 0.145 e. The Hall–Kier alpha value is -1.88. The Morgan fingerprint density at radius 3 is 2.53 bits per heavy atom. The van der Waals surface area contributed by atoms with Crippen LogP contribution in [0.25, 0.3) is 0 Å². The topological polar surface area (TPSA) is 74.2 Å². The van der Waals surface area contributed by atoms with Gasteiger partial charge in [0.1, 0.15) is 23.7 Å². The predicted molar refractivity (Wildman–Crippen MR) is 62.4 cm³/mol. The van der Waals surface area contributed by atoms with Crippen molar-refractivity contribution in [2.75, 3.05) is 0 Å². The van der Waals surface area contributed by atoms with E-state index >= 15 is 0 Å². The van der Waals surface area contributed by atoms with Crippen LogP contribution in [0.5, 0.6) is 5.75 Å². The van der Waals surface area contributed by atoms with Crippen LogP contribution in [0.3, 0.4) is 0 Å². The molecule has 1 aromatic carbocycles. The number of hydrogen-bond donors (Lipinski definition) is 1. The molecule has 0 amide bonds. The number of hydrogen-bond acceptors (Lipinski definition) is 5. The lowest BCUT2D eigenvalue weighted by Gasteiger charge is -2.07. The molecular formula is C12H15N3O2. The van der Waals surface area contributed by atoms with E-state index in [0.29, 0.717) is 12.3 Å². The number of aryl methyl sites for hydroxylation is 1. The molecule has 0 aliphatic heterocycles. The highest BCUT2D eigenvalue weighted by Crippen LogP contribution is 2.17. The van der Waals surface area contributed by atoms with Crippen molar-refractivity contribution in [2.24, 2.45) is 5.73 Å². The zero-order chi connectivity index (χ0) is 12.3. The van der Waals surface area contributed by atoms with Crippen LogP contribution in [0.15, 0.2) is 28.9 Å². The van der Waals surface area contributed by atoms with Crippen LogP contribution in [-0.4, -0.2) is 10.3 Å². The van der Waals surface area contributed by atoms with Crippen molar-refractivity contribution in [3.63, 3.8) is 0 Å². The highest BCUT2D eigenvalue weighted by molar-refractivity contribution is 5.28. The first-order valence-corrected chi connectivity index (χ1v) is 5.43. The maximum atomic E-state index is 5.76. The van der Waals surface area contributed by atoms with Crippen LogP contribution >= 0.6 is 0 Å². The summed E-state index contributed by atoms with van der Waals surface area (Å²) in [6.07, 6.45) is 0. The fourth-order valence-electron chi connectivity index (χ4n) is 1.40. The van der Waals surface area contributed by atoms with Gasteiger partial charge in [-0.25, -0.2) is 4.63 Å². The van der Waals surface area contributed by atoms with Crippen LogP contribution in [0, 0.1) is 6.92 Å². The van der Waals surface area contributed by atoms with Crippen molar-refractivity contribution >= 4 is 0 Å². The van der Waals surface area contributed by atoms with Crippen molar-refractivity contribution in [3.05, 3.63) is 41.2 Å². The Labute approximate surface area is 99.5 Å². The molecule has 1 atom stereocenters. The summed E-state index contributed by atoms with van der Waals surface area (Å²) in [5.74, 6) is 0.775. The first-order chi connectivity index (χ1) is 8.16. The number of nitrogens with zero attached hydrogens (tertiary/aromatic N) is 2. The van der Waals surface area contributed by atoms with Gasteiger partial charge in [-0.05, 0) is 31.5 Å². The van der Waals surface area contributed by atoms with E-state index in [4.69, 9.17) is 10.5 Å². The summed E-state index contributed by atoms with van der Waals surface area (Å²) in [4.78, 5) is 0. The first kappa shape index (κ1) is 11.6. The molecule has 0 radical (unpaired) electrons. The minimum atomic E-state index is 0.0334. The second-order valence-corrected chi connectivity index (χ2v) is 3.94. The van der Waals surface area contributed by atoms with Gasteiger partial charge in [-0.3, -0.25) is 0 Å². The standard InChI is InChI=1S/C12H15N3O2/c1-8(13)10-3-5-11(6-4-10)16-7-12-9(2)14-17-15-12/h3-6,8H,7,13H2,1-2H3/t8-/m1/s1. The Kier molecular flexibility index (Phi) is 3.39. The van der Waals surface area contributed by atoms with Gasteiger partial charge in [-0.2, -0.15) is 0 Å². The Morgan fingerprint density at radius 1 is 1.29 bits per heavy atom. The lowest BCUT2D eigenvalue weighted by atomic mass is 10.1. The van der Waals surface area contributed by atoms with E-state index in [-0.39, 0.29) is 6.04 Å². The van der Waals surface area contributed by atoms with Gasteiger partial charge in [-0.15, -0.1) is 0 Å². The molecule has 0 spiro atoms. The van der Waals surface area contributed by atoms with Gasteiger partial charge in [0.05, 0.1) is 0 Å². The third kappa shape index (κ3) is 2.82. The number of benzene rings is 1. The summed E-state index contributed by atoms with van der Waals surface area (Å²) in [7, 11) is 0. The summed E-state index contributed by atoms with van der Waals surface area (Å²) in [5.41, 5.74) is 8.30. The molecule has 90 valence electrons. The summed E-state index contributed by atoms with van der Waals surface area (Å²) < 4.78 is 10.2. The Bertz CT molecular complexity index is 477. The van der Waals surface area contributed by atoms with E-state index in [0.717, 1.165) is 17.0 Å². The molecule has 2 N–H and O–H groups in total. The molecule has 2 rings (SSSR count). The average molecular weight is 233 g/mol. The highest BCUT2D eigenvalue weighted by atomic mass is 16.6. The lowest BCUT2D eigenvalue weighted by molar-refractivity contribution is 0.270. The number of rotatable bonds is 4. The van der Waals surface area contributed by atoms with Gasteiger partial charge in [-0.1, -0.05) is 22.4 Å². The fourth-order valence-corrected chi connectivity index (χ4v) is 1.40. The van der Waals surface area contributed by atoms with Crippen LogP contribution in [0.2, 0.25) is 0 Å². The third-order valence-electron chi connectivity index (χ3n) is 2.53. The monoisotopic (exact) mass is 233 g/mol. The number of aromatic nitrogens is 2. The molecule has 17 heavy (non-hydrogen) atoms. The van der Waals surface area contributed by atoms with Gasteiger partial charge in [0.15, 0.2) is 0 Å². The van der Waals surface area contributed by atoms with Gasteiger partial charge in [0.2, 0.25) is 0 Å². The fraction of sp³-hybridized carbons (Fsp3) is 0.333. The maximum absolute atomic E-state index is 5.76. The van der Waals surface area contributed by atoms with Crippen molar-refractivity contribution < 1.29 is 9.37 Å². The number of nitrogens with two attached hydrogens (primary N) is 1. The first-order valence-electron chi connectivity index (χ1n) is 5.43. The molecular weight excluding hydrogens is 218 g/mol. The summed E-state index contributed by atoms with van der Waals surface area (Å²) >= 11 is 0.